The summed E-state index contributed by atoms with van der Waals surface area (Å²) in [6.45, 7) is 7.02. The Morgan fingerprint density at radius 1 is 1.54 bits per heavy atom. The number of rotatable bonds is 6. The summed E-state index contributed by atoms with van der Waals surface area (Å²) in [5, 5.41) is 2.86. The highest BCUT2D eigenvalue weighted by Crippen LogP contribution is 2.31. The van der Waals surface area contributed by atoms with Crippen LogP contribution in [0.5, 0.6) is 0 Å². The van der Waals surface area contributed by atoms with E-state index in [4.69, 9.17) is 0 Å². The molecule has 0 aromatic rings. The largest absolute Gasteiger partial charge is 0.356 e. The van der Waals surface area contributed by atoms with E-state index in [1.54, 1.807) is 0 Å². The zero-order valence-corrected chi connectivity index (χ0v) is 10.3. The molecule has 0 radical (unpaired) electrons. The number of amides is 1. The van der Waals surface area contributed by atoms with Gasteiger partial charge in [0.05, 0.1) is 0 Å². The van der Waals surface area contributed by atoms with Crippen LogP contribution in [0.2, 0.25) is 0 Å². The second-order valence-electron chi connectivity index (χ2n) is 3.70. The van der Waals surface area contributed by atoms with Crippen molar-refractivity contribution in [3.8, 4) is 0 Å². The van der Waals surface area contributed by atoms with Crippen molar-refractivity contribution >= 4 is 28.4 Å². The third-order valence-electron chi connectivity index (χ3n) is 1.77. The predicted molar refractivity (Wildman–Crippen MR) is 63.2 cm³/mol. The van der Waals surface area contributed by atoms with E-state index in [0.29, 0.717) is 6.42 Å². The lowest BCUT2D eigenvalue weighted by Crippen LogP contribution is -2.26. The van der Waals surface area contributed by atoms with E-state index in [1.165, 1.54) is 10.8 Å². The summed E-state index contributed by atoms with van der Waals surface area (Å²) in [7, 11) is 1.51. The Hall–Kier alpha value is 0.170. The van der Waals surface area contributed by atoms with Crippen LogP contribution in [0.1, 0.15) is 40.0 Å². The molecule has 1 amide bonds. The van der Waals surface area contributed by atoms with E-state index in [-0.39, 0.29) is 10.7 Å². The van der Waals surface area contributed by atoms with Gasteiger partial charge in [-0.1, -0.05) is 17.7 Å². The molecule has 0 aliphatic carbocycles. The lowest BCUT2D eigenvalue weighted by atomic mass is 10.1. The zero-order valence-electron chi connectivity index (χ0n) is 8.59. The maximum atomic E-state index is 11.2. The lowest BCUT2D eigenvalue weighted by molar-refractivity contribution is -0.121. The fraction of sp³-hybridized carbons (Fsp3) is 0.889. The number of thiol groups is 1. The average Bonchev–Trinajstić information content (AvgIpc) is 2.11. The van der Waals surface area contributed by atoms with Crippen molar-refractivity contribution in [2.45, 2.75) is 44.8 Å². The van der Waals surface area contributed by atoms with Gasteiger partial charge in [-0.25, -0.2) is 0 Å². The Bertz CT molecular complexity index is 160. The van der Waals surface area contributed by atoms with Crippen LogP contribution in [-0.4, -0.2) is 17.2 Å². The van der Waals surface area contributed by atoms with Gasteiger partial charge in [0, 0.05) is 17.7 Å². The number of hydrogen-bond donors (Lipinski definition) is 2. The van der Waals surface area contributed by atoms with E-state index in [1.807, 2.05) is 6.92 Å². The molecular formula is C9H19NOS2. The van der Waals surface area contributed by atoms with Gasteiger partial charge < -0.3 is 5.32 Å². The Kier molecular flexibility index (Phi) is 6.68. The van der Waals surface area contributed by atoms with Gasteiger partial charge in [-0.3, -0.25) is 4.79 Å². The highest BCUT2D eigenvalue weighted by molar-refractivity contribution is 8.69. The molecule has 1 N–H and O–H groups in total. The quantitative estimate of drug-likeness (QED) is 0.533. The minimum atomic E-state index is 0.0899. The highest BCUT2D eigenvalue weighted by Gasteiger charge is 2.17. The molecule has 0 rings (SSSR count). The van der Waals surface area contributed by atoms with Gasteiger partial charge in [-0.05, 0) is 26.7 Å². The summed E-state index contributed by atoms with van der Waals surface area (Å²) in [6, 6.07) is 0. The molecule has 4 heteroatoms. The lowest BCUT2D eigenvalue weighted by Gasteiger charge is -2.20. The van der Waals surface area contributed by atoms with Crippen molar-refractivity contribution in [3.05, 3.63) is 0 Å². The molecule has 0 spiro atoms. The molecule has 0 fully saturated rings. The molecule has 13 heavy (non-hydrogen) atoms. The molecule has 0 atom stereocenters. The van der Waals surface area contributed by atoms with E-state index in [0.717, 1.165) is 19.4 Å². The van der Waals surface area contributed by atoms with Crippen LogP contribution in [0.25, 0.3) is 0 Å². The summed E-state index contributed by atoms with van der Waals surface area (Å²) in [4.78, 5) is 11.2. The van der Waals surface area contributed by atoms with E-state index in [2.05, 4.69) is 30.8 Å². The summed E-state index contributed by atoms with van der Waals surface area (Å²) >= 11 is 4.16. The molecule has 78 valence electrons. The van der Waals surface area contributed by atoms with Gasteiger partial charge in [-0.15, -0.1) is 11.7 Å². The molecule has 0 aliphatic heterocycles. The summed E-state index contributed by atoms with van der Waals surface area (Å²) in [5.74, 6) is 0.150. The Labute approximate surface area is 90.0 Å². The standard InChI is InChI=1S/C9H19NOS2/c1-4-7-10-8(11)5-6-9(2,3)13-12/h12H,4-7H2,1-3H3,(H,10,11). The number of carbonyl (C=O) groups is 1. The second kappa shape index (κ2) is 6.60. The minimum absolute atomic E-state index is 0.0899. The molecule has 0 heterocycles. The predicted octanol–water partition coefficient (Wildman–Crippen LogP) is 2.65. The first-order chi connectivity index (χ1) is 6.02. The van der Waals surface area contributed by atoms with Gasteiger partial charge in [0.1, 0.15) is 0 Å². The SMILES string of the molecule is CCCNC(=O)CCC(C)(C)SS. The highest BCUT2D eigenvalue weighted by atomic mass is 33.1. The first-order valence-electron chi connectivity index (χ1n) is 4.61. The first-order valence-corrected chi connectivity index (χ1v) is 6.48. The van der Waals surface area contributed by atoms with Gasteiger partial charge in [0.15, 0.2) is 0 Å². The maximum absolute atomic E-state index is 11.2. The number of hydrogen-bond acceptors (Lipinski definition) is 3. The van der Waals surface area contributed by atoms with E-state index in [9.17, 15) is 4.79 Å². The van der Waals surface area contributed by atoms with Gasteiger partial charge in [-0.2, -0.15) is 0 Å². The van der Waals surface area contributed by atoms with Gasteiger partial charge >= 0.3 is 0 Å². The monoisotopic (exact) mass is 221 g/mol. The van der Waals surface area contributed by atoms with Crippen LogP contribution in [0.4, 0.5) is 0 Å². The molecule has 0 saturated carbocycles. The van der Waals surface area contributed by atoms with Crippen molar-refractivity contribution in [2.24, 2.45) is 0 Å². The Morgan fingerprint density at radius 2 is 2.15 bits per heavy atom. The van der Waals surface area contributed by atoms with E-state index < -0.39 is 0 Å². The number of carbonyl (C=O) groups excluding carboxylic acids is 1. The van der Waals surface area contributed by atoms with Crippen LogP contribution >= 0.6 is 22.5 Å². The molecule has 0 saturated heterocycles. The Balaban J connectivity index is 3.57. The van der Waals surface area contributed by atoms with Crippen LogP contribution in [0.15, 0.2) is 0 Å². The van der Waals surface area contributed by atoms with Crippen molar-refractivity contribution in [1.29, 1.82) is 0 Å². The number of nitrogens with one attached hydrogen (secondary N) is 1. The second-order valence-corrected chi connectivity index (χ2v) is 5.54. The fourth-order valence-corrected chi connectivity index (χ4v) is 1.28. The molecule has 0 aliphatic rings. The zero-order chi connectivity index (χ0) is 10.3. The normalized spacial score (nSPS) is 11.4. The summed E-state index contributed by atoms with van der Waals surface area (Å²) < 4.78 is 0.0899. The van der Waals surface area contributed by atoms with Gasteiger partial charge in [0.25, 0.3) is 0 Å². The molecule has 0 aromatic carbocycles. The molecule has 0 unspecified atom stereocenters. The third-order valence-corrected chi connectivity index (χ3v) is 3.95. The minimum Gasteiger partial charge on any atom is -0.356 e. The van der Waals surface area contributed by atoms with Crippen LogP contribution < -0.4 is 5.32 Å². The average molecular weight is 221 g/mol. The van der Waals surface area contributed by atoms with Crippen molar-refractivity contribution in [1.82, 2.24) is 5.32 Å². The van der Waals surface area contributed by atoms with Crippen molar-refractivity contribution in [2.75, 3.05) is 6.54 Å². The summed E-state index contributed by atoms with van der Waals surface area (Å²) in [5.41, 5.74) is 0. The smallest absolute Gasteiger partial charge is 0.220 e. The maximum Gasteiger partial charge on any atom is 0.220 e. The van der Waals surface area contributed by atoms with Crippen LogP contribution in [-0.2, 0) is 4.79 Å². The van der Waals surface area contributed by atoms with Crippen LogP contribution in [0.3, 0.4) is 0 Å². The molecule has 0 bridgehead atoms. The van der Waals surface area contributed by atoms with Crippen LogP contribution in [0, 0.1) is 0 Å². The van der Waals surface area contributed by atoms with E-state index >= 15 is 0 Å². The fourth-order valence-electron chi connectivity index (χ4n) is 0.813. The van der Waals surface area contributed by atoms with Crippen molar-refractivity contribution in [3.63, 3.8) is 0 Å². The van der Waals surface area contributed by atoms with Crippen molar-refractivity contribution < 1.29 is 4.79 Å². The molecule has 2 nitrogen and oxygen atoms in total. The summed E-state index contributed by atoms with van der Waals surface area (Å²) in [6.07, 6.45) is 2.47. The Morgan fingerprint density at radius 3 is 2.62 bits per heavy atom. The third kappa shape index (κ3) is 7.26. The first kappa shape index (κ1) is 13.2. The molecular weight excluding hydrogens is 202 g/mol. The topological polar surface area (TPSA) is 29.1 Å². The molecule has 0 aromatic heterocycles. The van der Waals surface area contributed by atoms with Gasteiger partial charge in [0.2, 0.25) is 5.91 Å².